The number of phenols is 2. The van der Waals surface area contributed by atoms with Crippen molar-refractivity contribution in [1.82, 2.24) is 5.32 Å². The van der Waals surface area contributed by atoms with E-state index in [-0.39, 0.29) is 17.5 Å². The van der Waals surface area contributed by atoms with E-state index in [9.17, 15) is 10.2 Å². The van der Waals surface area contributed by atoms with Crippen LogP contribution in [-0.2, 0) is 0 Å². The molecule has 3 N–H and O–H groups in total. The molecule has 4 heteroatoms. The molecule has 1 atom stereocenters. The lowest BCUT2D eigenvalue weighted by atomic mass is 10.1. The molecule has 1 unspecified atom stereocenters. The van der Waals surface area contributed by atoms with Crippen molar-refractivity contribution < 1.29 is 10.2 Å². The highest BCUT2D eigenvalue weighted by Gasteiger charge is 2.41. The molecule has 1 aromatic carbocycles. The highest BCUT2D eigenvalue weighted by atomic mass is 32.2. The van der Waals surface area contributed by atoms with Gasteiger partial charge >= 0.3 is 0 Å². The molecule has 0 aromatic heterocycles. The summed E-state index contributed by atoms with van der Waals surface area (Å²) in [4.78, 5) is 0. The minimum absolute atomic E-state index is 0.0479. The third-order valence-electron chi connectivity index (χ3n) is 3.45. The Hall–Kier alpha value is -0.870. The van der Waals surface area contributed by atoms with Crippen molar-refractivity contribution in [2.24, 2.45) is 0 Å². The summed E-state index contributed by atoms with van der Waals surface area (Å²) >= 11 is 1.91. The van der Waals surface area contributed by atoms with Crippen LogP contribution in [0.1, 0.15) is 31.4 Å². The minimum atomic E-state index is 0.0479. The van der Waals surface area contributed by atoms with E-state index >= 15 is 0 Å². The summed E-state index contributed by atoms with van der Waals surface area (Å²) in [7, 11) is 0. The van der Waals surface area contributed by atoms with Crippen molar-refractivity contribution in [2.45, 2.75) is 30.6 Å². The summed E-state index contributed by atoms with van der Waals surface area (Å²) in [6.07, 6.45) is 4.67. The zero-order chi connectivity index (χ0) is 12.5. The molecule has 1 aliphatic carbocycles. The number of phenolic OH excluding ortho intramolecular Hbond substituents is 2. The Morgan fingerprint density at radius 3 is 2.71 bits per heavy atom. The van der Waals surface area contributed by atoms with Crippen LogP contribution in [0, 0.1) is 0 Å². The molecule has 1 aliphatic rings. The Morgan fingerprint density at radius 2 is 2.12 bits per heavy atom. The van der Waals surface area contributed by atoms with Crippen LogP contribution in [0.2, 0.25) is 0 Å². The third-order valence-corrected chi connectivity index (χ3v) is 4.87. The number of rotatable bonds is 5. The predicted octanol–water partition coefficient (Wildman–Crippen LogP) is 2.64. The second-order valence-corrected chi connectivity index (χ2v) is 6.01. The van der Waals surface area contributed by atoms with E-state index in [4.69, 9.17) is 0 Å². The second kappa shape index (κ2) is 4.78. The van der Waals surface area contributed by atoms with Crippen molar-refractivity contribution in [3.8, 4) is 11.5 Å². The monoisotopic (exact) mass is 253 g/mol. The van der Waals surface area contributed by atoms with Crippen LogP contribution in [0.4, 0.5) is 0 Å². The fraction of sp³-hybridized carbons (Fsp3) is 0.538. The van der Waals surface area contributed by atoms with E-state index in [1.54, 1.807) is 6.07 Å². The maximum absolute atomic E-state index is 9.75. The minimum Gasteiger partial charge on any atom is -0.508 e. The van der Waals surface area contributed by atoms with Crippen LogP contribution in [0.3, 0.4) is 0 Å². The van der Waals surface area contributed by atoms with Crippen molar-refractivity contribution in [3.63, 3.8) is 0 Å². The van der Waals surface area contributed by atoms with Crippen molar-refractivity contribution >= 4 is 11.8 Å². The van der Waals surface area contributed by atoms with Crippen LogP contribution in [0.5, 0.6) is 11.5 Å². The van der Waals surface area contributed by atoms with Gasteiger partial charge < -0.3 is 15.5 Å². The first kappa shape index (κ1) is 12.6. The SMILES string of the molecule is CSC1(CNC(C)c2cc(O)ccc2O)CC1. The summed E-state index contributed by atoms with van der Waals surface area (Å²) in [5.41, 5.74) is 0.752. The third kappa shape index (κ3) is 2.87. The van der Waals surface area contributed by atoms with Crippen LogP contribution in [0.15, 0.2) is 18.2 Å². The molecule has 1 fully saturated rings. The smallest absolute Gasteiger partial charge is 0.120 e. The maximum Gasteiger partial charge on any atom is 0.120 e. The summed E-state index contributed by atoms with van der Waals surface area (Å²) in [6, 6.07) is 4.69. The Balaban J connectivity index is 1.99. The normalized spacial score (nSPS) is 18.9. The summed E-state index contributed by atoms with van der Waals surface area (Å²) in [5.74, 6) is 0.425. The first-order valence-electron chi connectivity index (χ1n) is 5.87. The van der Waals surface area contributed by atoms with Gasteiger partial charge in [0.1, 0.15) is 11.5 Å². The molecule has 0 bridgehead atoms. The molecule has 94 valence electrons. The Labute approximate surface area is 106 Å². The van der Waals surface area contributed by atoms with Gasteiger partial charge in [0, 0.05) is 22.9 Å². The quantitative estimate of drug-likeness (QED) is 0.706. The molecule has 0 saturated heterocycles. The molecule has 0 heterocycles. The van der Waals surface area contributed by atoms with Gasteiger partial charge in [0.05, 0.1) is 0 Å². The summed E-state index contributed by atoms with van der Waals surface area (Å²) in [5, 5.41) is 22.6. The number of nitrogens with one attached hydrogen (secondary N) is 1. The molecule has 0 spiro atoms. The number of hydrogen-bond donors (Lipinski definition) is 3. The van der Waals surface area contributed by atoms with Gasteiger partial charge in [-0.1, -0.05) is 0 Å². The molecule has 0 amide bonds. The Kier molecular flexibility index (Phi) is 3.54. The topological polar surface area (TPSA) is 52.5 Å². The number of aromatic hydroxyl groups is 2. The number of hydrogen-bond acceptors (Lipinski definition) is 4. The van der Waals surface area contributed by atoms with Gasteiger partial charge in [-0.3, -0.25) is 0 Å². The van der Waals surface area contributed by atoms with E-state index in [2.05, 4.69) is 11.6 Å². The molecule has 0 radical (unpaired) electrons. The van der Waals surface area contributed by atoms with Crippen LogP contribution >= 0.6 is 11.8 Å². The second-order valence-electron chi connectivity index (χ2n) is 4.73. The lowest BCUT2D eigenvalue weighted by Crippen LogP contribution is -2.28. The molecular weight excluding hydrogens is 234 g/mol. The van der Waals surface area contributed by atoms with E-state index < -0.39 is 0 Å². The maximum atomic E-state index is 9.75. The molecule has 17 heavy (non-hydrogen) atoms. The van der Waals surface area contributed by atoms with Gasteiger partial charge in [0.2, 0.25) is 0 Å². The fourth-order valence-corrected chi connectivity index (χ4v) is 2.67. The highest BCUT2D eigenvalue weighted by Crippen LogP contribution is 2.46. The van der Waals surface area contributed by atoms with Crippen molar-refractivity contribution in [3.05, 3.63) is 23.8 Å². The number of thioether (sulfide) groups is 1. The molecule has 0 aliphatic heterocycles. The van der Waals surface area contributed by atoms with Gasteiger partial charge in [0.25, 0.3) is 0 Å². The molecular formula is C13H19NO2S. The Bertz CT molecular complexity index is 404. The largest absolute Gasteiger partial charge is 0.508 e. The van der Waals surface area contributed by atoms with Gasteiger partial charge in [0.15, 0.2) is 0 Å². The van der Waals surface area contributed by atoms with Gasteiger partial charge in [-0.05, 0) is 44.2 Å². The lowest BCUT2D eigenvalue weighted by Gasteiger charge is -2.19. The van der Waals surface area contributed by atoms with Gasteiger partial charge in [-0.25, -0.2) is 0 Å². The lowest BCUT2D eigenvalue weighted by molar-refractivity contribution is 0.440. The molecule has 3 nitrogen and oxygen atoms in total. The zero-order valence-corrected chi connectivity index (χ0v) is 11.0. The van der Waals surface area contributed by atoms with E-state index in [1.165, 1.54) is 25.0 Å². The molecule has 1 saturated carbocycles. The van der Waals surface area contributed by atoms with Crippen molar-refractivity contribution in [2.75, 3.05) is 12.8 Å². The van der Waals surface area contributed by atoms with E-state index in [1.807, 2.05) is 18.7 Å². The zero-order valence-electron chi connectivity index (χ0n) is 10.2. The summed E-state index contributed by atoms with van der Waals surface area (Å²) in [6.45, 7) is 2.95. The first-order valence-corrected chi connectivity index (χ1v) is 7.09. The molecule has 2 rings (SSSR count). The van der Waals surface area contributed by atoms with Crippen LogP contribution < -0.4 is 5.32 Å². The van der Waals surface area contributed by atoms with E-state index in [0.29, 0.717) is 4.75 Å². The Morgan fingerprint density at radius 1 is 1.41 bits per heavy atom. The summed E-state index contributed by atoms with van der Waals surface area (Å²) < 4.78 is 0.403. The van der Waals surface area contributed by atoms with E-state index in [0.717, 1.165) is 12.1 Å². The van der Waals surface area contributed by atoms with Gasteiger partial charge in [-0.15, -0.1) is 0 Å². The molecule has 1 aromatic rings. The average Bonchev–Trinajstić information content (AvgIpc) is 3.10. The fourth-order valence-electron chi connectivity index (χ4n) is 1.93. The van der Waals surface area contributed by atoms with Crippen LogP contribution in [-0.4, -0.2) is 27.8 Å². The number of benzene rings is 1. The first-order chi connectivity index (χ1) is 8.06. The highest BCUT2D eigenvalue weighted by molar-refractivity contribution is 8.00. The standard InChI is InChI=1S/C13H19NO2S/c1-9(14-8-13(17-2)5-6-13)11-7-10(15)3-4-12(11)16/h3-4,7,9,14-16H,5-6,8H2,1-2H3. The van der Waals surface area contributed by atoms with Crippen LogP contribution in [0.25, 0.3) is 0 Å². The average molecular weight is 253 g/mol. The predicted molar refractivity (Wildman–Crippen MR) is 71.7 cm³/mol. The van der Waals surface area contributed by atoms with Gasteiger partial charge in [-0.2, -0.15) is 11.8 Å². The van der Waals surface area contributed by atoms with Crippen molar-refractivity contribution in [1.29, 1.82) is 0 Å².